The summed E-state index contributed by atoms with van der Waals surface area (Å²) in [6.45, 7) is 0. The number of nitrogens with zero attached hydrogens (tertiary/aromatic N) is 2. The summed E-state index contributed by atoms with van der Waals surface area (Å²) in [5, 5.41) is 11.0. The minimum atomic E-state index is -4.57. The van der Waals surface area contributed by atoms with E-state index in [4.69, 9.17) is 10.00 Å². The van der Waals surface area contributed by atoms with E-state index in [1.807, 2.05) is 0 Å². The van der Waals surface area contributed by atoms with Crippen LogP contribution in [0.25, 0.3) is 0 Å². The average Bonchev–Trinajstić information content (AvgIpc) is 2.36. The first-order valence-corrected chi connectivity index (χ1v) is 7.07. The van der Waals surface area contributed by atoms with E-state index in [9.17, 15) is 13.2 Å². The molecular weight excluding hydrogens is 359 g/mol. The molecule has 4 nitrogen and oxygen atoms in total. The Hall–Kier alpha value is -1.40. The number of hydrogen-bond donors (Lipinski definition) is 1. The zero-order valence-electron chi connectivity index (χ0n) is 10.4. The average molecular weight is 368 g/mol. The number of aliphatic imine (C=N–C) groups is 1. The molecule has 1 N–H and O–H groups in total. The second-order valence-electron chi connectivity index (χ2n) is 3.36. The van der Waals surface area contributed by atoms with Crippen molar-refractivity contribution in [2.75, 3.05) is 13.4 Å². The Bertz CT molecular complexity index is 569. The van der Waals surface area contributed by atoms with Crippen molar-refractivity contribution in [3.63, 3.8) is 0 Å². The van der Waals surface area contributed by atoms with Gasteiger partial charge in [0.25, 0.3) is 0 Å². The smallest absolute Gasteiger partial charge is 0.420 e. The fourth-order valence-electron chi connectivity index (χ4n) is 1.35. The van der Waals surface area contributed by atoms with Crippen LogP contribution in [0.3, 0.4) is 0 Å². The zero-order chi connectivity index (χ0) is 15.3. The highest BCUT2D eigenvalue weighted by Crippen LogP contribution is 2.42. The molecule has 0 saturated carbocycles. The van der Waals surface area contributed by atoms with E-state index in [0.717, 1.165) is 24.9 Å². The molecule has 108 valence electrons. The maximum absolute atomic E-state index is 12.9. The SMILES string of the molecule is COc1c(Br)cc(N=C(NC#N)SC)cc1C(F)(F)F. The van der Waals surface area contributed by atoms with Gasteiger partial charge in [-0.2, -0.15) is 18.4 Å². The van der Waals surface area contributed by atoms with Crippen LogP contribution in [-0.2, 0) is 6.18 Å². The fourth-order valence-corrected chi connectivity index (χ4v) is 2.31. The highest BCUT2D eigenvalue weighted by molar-refractivity contribution is 9.10. The van der Waals surface area contributed by atoms with E-state index in [1.165, 1.54) is 6.07 Å². The largest absolute Gasteiger partial charge is 0.495 e. The first-order chi connectivity index (χ1) is 9.33. The van der Waals surface area contributed by atoms with Crippen LogP contribution < -0.4 is 10.1 Å². The van der Waals surface area contributed by atoms with Crippen molar-refractivity contribution < 1.29 is 17.9 Å². The second kappa shape index (κ2) is 6.85. The van der Waals surface area contributed by atoms with Crippen molar-refractivity contribution in [3.8, 4) is 11.9 Å². The van der Waals surface area contributed by atoms with Gasteiger partial charge in [0.2, 0.25) is 0 Å². The van der Waals surface area contributed by atoms with Crippen LogP contribution >= 0.6 is 27.7 Å². The Morgan fingerprint density at radius 2 is 2.15 bits per heavy atom. The normalized spacial score (nSPS) is 11.9. The highest BCUT2D eigenvalue weighted by Gasteiger charge is 2.35. The molecule has 0 aromatic heterocycles. The van der Waals surface area contributed by atoms with Gasteiger partial charge in [-0.1, -0.05) is 11.8 Å². The van der Waals surface area contributed by atoms with Crippen molar-refractivity contribution in [3.05, 3.63) is 22.2 Å². The number of rotatable bonds is 2. The third-order valence-electron chi connectivity index (χ3n) is 2.12. The summed E-state index contributed by atoms with van der Waals surface area (Å²) in [5.41, 5.74) is -0.886. The lowest BCUT2D eigenvalue weighted by molar-refractivity contribution is -0.138. The molecule has 0 radical (unpaired) electrons. The maximum Gasteiger partial charge on any atom is 0.420 e. The molecule has 0 unspecified atom stereocenters. The number of benzene rings is 1. The molecule has 0 bridgehead atoms. The summed E-state index contributed by atoms with van der Waals surface area (Å²) in [6.07, 6.45) is -1.26. The van der Waals surface area contributed by atoms with Gasteiger partial charge in [-0.15, -0.1) is 0 Å². The van der Waals surface area contributed by atoms with Crippen molar-refractivity contribution in [2.24, 2.45) is 4.99 Å². The number of alkyl halides is 3. The van der Waals surface area contributed by atoms with Gasteiger partial charge in [0.15, 0.2) is 11.4 Å². The topological polar surface area (TPSA) is 57.4 Å². The Kier molecular flexibility index (Phi) is 5.71. The predicted octanol–water partition coefficient (Wildman–Crippen LogP) is 3.90. The van der Waals surface area contributed by atoms with Crippen LogP contribution in [0, 0.1) is 11.5 Å². The third kappa shape index (κ3) is 4.05. The molecule has 0 aliphatic heterocycles. The van der Waals surface area contributed by atoms with Crippen LogP contribution in [0.15, 0.2) is 21.6 Å². The lowest BCUT2D eigenvalue weighted by atomic mass is 10.1. The molecule has 0 amide bonds. The van der Waals surface area contributed by atoms with E-state index < -0.39 is 11.7 Å². The monoisotopic (exact) mass is 367 g/mol. The number of nitriles is 1. The van der Waals surface area contributed by atoms with Gasteiger partial charge in [0.1, 0.15) is 11.3 Å². The van der Waals surface area contributed by atoms with Gasteiger partial charge < -0.3 is 4.74 Å². The van der Waals surface area contributed by atoms with Crippen LogP contribution in [0.4, 0.5) is 18.9 Å². The standard InChI is InChI=1S/C11H9BrF3N3OS/c1-19-9-7(11(13,14)15)3-6(4-8(9)12)18-10(20-2)17-5-16/h3-4H,1-2H3,(H,17,18). The summed E-state index contributed by atoms with van der Waals surface area (Å²) < 4.78 is 43.7. The molecule has 0 aliphatic carbocycles. The van der Waals surface area contributed by atoms with Crippen molar-refractivity contribution in [2.45, 2.75) is 6.18 Å². The van der Waals surface area contributed by atoms with E-state index in [-0.39, 0.29) is 21.1 Å². The third-order valence-corrected chi connectivity index (χ3v) is 3.29. The van der Waals surface area contributed by atoms with E-state index >= 15 is 0 Å². The molecule has 0 fully saturated rings. The number of halogens is 4. The van der Waals surface area contributed by atoms with Crippen LogP contribution in [0.5, 0.6) is 5.75 Å². The van der Waals surface area contributed by atoms with Crippen molar-refractivity contribution >= 4 is 38.5 Å². The number of thioether (sulfide) groups is 1. The summed E-state index contributed by atoms with van der Waals surface area (Å²) in [7, 11) is 1.16. The quantitative estimate of drug-likeness (QED) is 0.372. The molecule has 9 heteroatoms. The summed E-state index contributed by atoms with van der Waals surface area (Å²) in [6, 6.07) is 2.24. The minimum Gasteiger partial charge on any atom is -0.495 e. The molecule has 1 aromatic carbocycles. The molecule has 20 heavy (non-hydrogen) atoms. The molecule has 0 aliphatic rings. The number of methoxy groups -OCH3 is 1. The van der Waals surface area contributed by atoms with Gasteiger partial charge in [0.05, 0.1) is 17.3 Å². The molecule has 0 saturated heterocycles. The molecular formula is C11H9BrF3N3OS. The van der Waals surface area contributed by atoms with E-state index in [2.05, 4.69) is 26.2 Å². The van der Waals surface area contributed by atoms with Crippen molar-refractivity contribution in [1.29, 1.82) is 5.26 Å². The van der Waals surface area contributed by atoms with Gasteiger partial charge in [-0.3, -0.25) is 5.32 Å². The van der Waals surface area contributed by atoms with E-state index in [1.54, 1.807) is 12.4 Å². The van der Waals surface area contributed by atoms with Gasteiger partial charge >= 0.3 is 6.18 Å². The number of ether oxygens (including phenoxy) is 1. The predicted molar refractivity (Wildman–Crippen MR) is 75.1 cm³/mol. The molecule has 1 aromatic rings. The lowest BCUT2D eigenvalue weighted by Gasteiger charge is -2.14. The summed E-state index contributed by atoms with van der Waals surface area (Å²) in [5.74, 6) is -0.310. The van der Waals surface area contributed by atoms with Gasteiger partial charge in [0, 0.05) is 0 Å². The summed E-state index contributed by atoms with van der Waals surface area (Å²) >= 11 is 4.12. The van der Waals surface area contributed by atoms with Crippen LogP contribution in [0.1, 0.15) is 5.56 Å². The second-order valence-corrected chi connectivity index (χ2v) is 5.01. The number of nitrogens with one attached hydrogen (secondary N) is 1. The minimum absolute atomic E-state index is 0.0529. The lowest BCUT2D eigenvalue weighted by Crippen LogP contribution is -2.12. The Morgan fingerprint density at radius 3 is 2.60 bits per heavy atom. The molecule has 0 atom stereocenters. The maximum atomic E-state index is 12.9. The van der Waals surface area contributed by atoms with Crippen LogP contribution in [-0.4, -0.2) is 18.5 Å². The van der Waals surface area contributed by atoms with Crippen LogP contribution in [0.2, 0.25) is 0 Å². The Morgan fingerprint density at radius 1 is 1.50 bits per heavy atom. The Labute approximate surface area is 126 Å². The first-order valence-electron chi connectivity index (χ1n) is 5.06. The fraction of sp³-hybridized carbons (Fsp3) is 0.273. The van der Waals surface area contributed by atoms with Gasteiger partial charge in [-0.25, -0.2) is 4.99 Å². The number of hydrogen-bond acceptors (Lipinski definition) is 4. The molecule has 1 rings (SSSR count). The number of amidine groups is 1. The molecule has 0 heterocycles. The first kappa shape index (κ1) is 16.7. The van der Waals surface area contributed by atoms with Crippen molar-refractivity contribution in [1.82, 2.24) is 5.32 Å². The Balaban J connectivity index is 3.39. The highest BCUT2D eigenvalue weighted by atomic mass is 79.9. The van der Waals surface area contributed by atoms with Gasteiger partial charge in [-0.05, 0) is 34.3 Å². The summed E-state index contributed by atoms with van der Waals surface area (Å²) in [4.78, 5) is 3.94. The van der Waals surface area contributed by atoms with E-state index in [0.29, 0.717) is 0 Å². The molecule has 0 spiro atoms. The zero-order valence-corrected chi connectivity index (χ0v) is 12.8.